The second-order valence-corrected chi connectivity index (χ2v) is 6.33. The zero-order valence-corrected chi connectivity index (χ0v) is 13.9. The quantitative estimate of drug-likeness (QED) is 0.679. The molecule has 1 aliphatic rings. The summed E-state index contributed by atoms with van der Waals surface area (Å²) >= 11 is 0. The third kappa shape index (κ3) is 4.56. The molecule has 24 heavy (non-hydrogen) atoms. The first kappa shape index (κ1) is 18.4. The third-order valence-corrected chi connectivity index (χ3v) is 4.43. The molecule has 0 radical (unpaired) electrons. The minimum Gasteiger partial charge on any atom is -0.434 e. The smallest absolute Gasteiger partial charge is 0.387 e. The van der Waals surface area contributed by atoms with Crippen molar-refractivity contribution < 1.29 is 23.4 Å². The molecule has 1 aromatic carbocycles. The van der Waals surface area contributed by atoms with E-state index in [1.165, 1.54) is 6.07 Å². The summed E-state index contributed by atoms with van der Waals surface area (Å²) in [5, 5.41) is 15.1. The summed E-state index contributed by atoms with van der Waals surface area (Å²) in [6.07, 6.45) is 2.45. The van der Waals surface area contributed by atoms with Crippen LogP contribution in [-0.4, -0.2) is 29.9 Å². The number of benzene rings is 1. The Bertz CT molecular complexity index is 567. The molecule has 7 heteroatoms. The Balaban J connectivity index is 2.07. The number of urea groups is 1. The molecule has 1 fully saturated rings. The molecule has 0 bridgehead atoms. The van der Waals surface area contributed by atoms with Crippen LogP contribution >= 0.6 is 0 Å². The maximum atomic E-state index is 12.5. The van der Waals surface area contributed by atoms with E-state index in [2.05, 4.69) is 15.4 Å². The van der Waals surface area contributed by atoms with Gasteiger partial charge in [0.25, 0.3) is 0 Å². The minimum atomic E-state index is -2.93. The molecule has 0 aliphatic heterocycles. The molecule has 0 saturated heterocycles. The Hall–Kier alpha value is -1.89. The number of rotatable bonds is 8. The third-order valence-electron chi connectivity index (χ3n) is 4.43. The average molecular weight is 342 g/mol. The standard InChI is InChI=1S/C17H24F2N2O3/c1-3-13(12-6-4-5-7-14(12)24-15(18)19)20-16(23)21-17(2,10-22)11-8-9-11/h4-7,11,13,15,22H,3,8-10H2,1-2H3,(H2,20,21,23). The van der Waals surface area contributed by atoms with E-state index in [0.717, 1.165) is 12.8 Å². The highest BCUT2D eigenvalue weighted by Gasteiger charge is 2.42. The molecule has 0 aromatic heterocycles. The van der Waals surface area contributed by atoms with E-state index >= 15 is 0 Å². The zero-order valence-electron chi connectivity index (χ0n) is 13.9. The molecule has 2 amide bonds. The molecule has 0 heterocycles. The first-order valence-electron chi connectivity index (χ1n) is 8.13. The second-order valence-electron chi connectivity index (χ2n) is 6.33. The summed E-state index contributed by atoms with van der Waals surface area (Å²) in [5.41, 5.74) is -0.172. The lowest BCUT2D eigenvalue weighted by molar-refractivity contribution is -0.0506. The number of aliphatic hydroxyl groups is 1. The van der Waals surface area contributed by atoms with Gasteiger partial charge in [-0.15, -0.1) is 0 Å². The Morgan fingerprint density at radius 2 is 2.08 bits per heavy atom. The molecule has 1 saturated carbocycles. The lowest BCUT2D eigenvalue weighted by atomic mass is 9.97. The van der Waals surface area contributed by atoms with Gasteiger partial charge in [-0.1, -0.05) is 25.1 Å². The predicted molar refractivity (Wildman–Crippen MR) is 86.0 cm³/mol. The van der Waals surface area contributed by atoms with E-state index in [1.54, 1.807) is 25.1 Å². The molecule has 2 atom stereocenters. The van der Waals surface area contributed by atoms with E-state index in [-0.39, 0.29) is 18.3 Å². The maximum absolute atomic E-state index is 12.5. The van der Waals surface area contributed by atoms with Crippen LogP contribution in [0.3, 0.4) is 0 Å². The van der Waals surface area contributed by atoms with Gasteiger partial charge in [0.15, 0.2) is 0 Å². The minimum absolute atomic E-state index is 0.0479. The summed E-state index contributed by atoms with van der Waals surface area (Å²) in [6.45, 7) is 0.576. The molecule has 134 valence electrons. The van der Waals surface area contributed by atoms with E-state index in [0.29, 0.717) is 12.0 Å². The molecule has 0 spiro atoms. The van der Waals surface area contributed by atoms with Gasteiger partial charge in [-0.2, -0.15) is 8.78 Å². The first-order chi connectivity index (χ1) is 11.4. The van der Waals surface area contributed by atoms with Gasteiger partial charge in [-0.3, -0.25) is 0 Å². The van der Waals surface area contributed by atoms with Gasteiger partial charge < -0.3 is 20.5 Å². The molecule has 2 unspecified atom stereocenters. The normalized spacial score (nSPS) is 17.9. The van der Waals surface area contributed by atoms with Crippen molar-refractivity contribution in [1.82, 2.24) is 10.6 Å². The molecular formula is C17H24F2N2O3. The Labute approximate surface area is 140 Å². The summed E-state index contributed by atoms with van der Waals surface area (Å²) < 4.78 is 29.6. The van der Waals surface area contributed by atoms with E-state index in [9.17, 15) is 18.7 Å². The topological polar surface area (TPSA) is 70.6 Å². The van der Waals surface area contributed by atoms with Crippen LogP contribution in [0.1, 0.15) is 44.7 Å². The molecule has 1 aliphatic carbocycles. The van der Waals surface area contributed by atoms with Crippen molar-refractivity contribution >= 4 is 6.03 Å². The van der Waals surface area contributed by atoms with Crippen molar-refractivity contribution in [3.05, 3.63) is 29.8 Å². The number of amides is 2. The summed E-state index contributed by atoms with van der Waals surface area (Å²) in [7, 11) is 0. The molecular weight excluding hydrogens is 318 g/mol. The monoisotopic (exact) mass is 342 g/mol. The van der Waals surface area contributed by atoms with Gasteiger partial charge in [-0.25, -0.2) is 4.79 Å². The lowest BCUT2D eigenvalue weighted by Gasteiger charge is -2.30. The first-order valence-corrected chi connectivity index (χ1v) is 8.13. The zero-order chi connectivity index (χ0) is 17.7. The molecule has 3 N–H and O–H groups in total. The molecule has 1 aromatic rings. The number of para-hydroxylation sites is 1. The number of carbonyl (C=O) groups excluding carboxylic acids is 1. The highest BCUT2D eigenvalue weighted by molar-refractivity contribution is 5.75. The summed E-state index contributed by atoms with van der Waals surface area (Å²) in [5.74, 6) is 0.314. The number of nitrogens with one attached hydrogen (secondary N) is 2. The van der Waals surface area contributed by atoms with E-state index in [4.69, 9.17) is 0 Å². The summed E-state index contributed by atoms with van der Waals surface area (Å²) in [6, 6.07) is 5.51. The van der Waals surface area contributed by atoms with Crippen molar-refractivity contribution in [3.8, 4) is 5.75 Å². The van der Waals surface area contributed by atoms with Crippen LogP contribution in [0.15, 0.2) is 24.3 Å². The van der Waals surface area contributed by atoms with Crippen LogP contribution in [0.5, 0.6) is 5.75 Å². The Morgan fingerprint density at radius 1 is 1.42 bits per heavy atom. The van der Waals surface area contributed by atoms with Crippen LogP contribution < -0.4 is 15.4 Å². The number of hydrogen-bond acceptors (Lipinski definition) is 3. The fraction of sp³-hybridized carbons (Fsp3) is 0.588. The number of alkyl halides is 2. The maximum Gasteiger partial charge on any atom is 0.387 e. The second kappa shape index (κ2) is 7.79. The van der Waals surface area contributed by atoms with Crippen molar-refractivity contribution in [3.63, 3.8) is 0 Å². The van der Waals surface area contributed by atoms with Gasteiger partial charge in [0.2, 0.25) is 0 Å². The van der Waals surface area contributed by atoms with Gasteiger partial charge in [0, 0.05) is 5.56 Å². The molecule has 5 nitrogen and oxygen atoms in total. The van der Waals surface area contributed by atoms with Crippen molar-refractivity contribution in [2.75, 3.05) is 6.61 Å². The fourth-order valence-corrected chi connectivity index (χ4v) is 2.82. The highest BCUT2D eigenvalue weighted by Crippen LogP contribution is 2.39. The number of ether oxygens (including phenoxy) is 1. The molecule has 2 rings (SSSR count). The van der Waals surface area contributed by atoms with Gasteiger partial charge in [-0.05, 0) is 38.2 Å². The summed E-state index contributed by atoms with van der Waals surface area (Å²) in [4.78, 5) is 12.3. The van der Waals surface area contributed by atoms with Crippen LogP contribution in [0.4, 0.5) is 13.6 Å². The Kier molecular flexibility index (Phi) is 5.99. The van der Waals surface area contributed by atoms with Gasteiger partial charge in [0.1, 0.15) is 5.75 Å². The highest BCUT2D eigenvalue weighted by atomic mass is 19.3. The van der Waals surface area contributed by atoms with Crippen LogP contribution in [0.25, 0.3) is 0 Å². The van der Waals surface area contributed by atoms with Crippen molar-refractivity contribution in [2.45, 2.75) is 51.3 Å². The number of aliphatic hydroxyl groups excluding tert-OH is 1. The number of halogens is 2. The van der Waals surface area contributed by atoms with Crippen molar-refractivity contribution in [1.29, 1.82) is 0 Å². The number of carbonyl (C=O) groups is 1. The van der Waals surface area contributed by atoms with E-state index in [1.807, 2.05) is 6.92 Å². The van der Waals surface area contributed by atoms with Gasteiger partial charge >= 0.3 is 12.6 Å². The largest absolute Gasteiger partial charge is 0.434 e. The average Bonchev–Trinajstić information content (AvgIpc) is 3.38. The predicted octanol–water partition coefficient (Wildman–Crippen LogP) is 3.20. The SMILES string of the molecule is CCC(NC(=O)NC(C)(CO)C1CC1)c1ccccc1OC(F)F. The van der Waals surface area contributed by atoms with Crippen LogP contribution in [-0.2, 0) is 0 Å². The Morgan fingerprint density at radius 3 is 2.62 bits per heavy atom. The van der Waals surface area contributed by atoms with E-state index < -0.39 is 24.2 Å². The van der Waals surface area contributed by atoms with Crippen LogP contribution in [0.2, 0.25) is 0 Å². The van der Waals surface area contributed by atoms with Gasteiger partial charge in [0.05, 0.1) is 18.2 Å². The fourth-order valence-electron chi connectivity index (χ4n) is 2.82. The van der Waals surface area contributed by atoms with Crippen molar-refractivity contribution in [2.24, 2.45) is 5.92 Å². The number of hydrogen-bond donors (Lipinski definition) is 3. The van der Waals surface area contributed by atoms with Crippen LogP contribution in [0, 0.1) is 5.92 Å². The lowest BCUT2D eigenvalue weighted by Crippen LogP contribution is -2.54.